The summed E-state index contributed by atoms with van der Waals surface area (Å²) in [6.45, 7) is 0.266. The Bertz CT molecular complexity index is 1000. The van der Waals surface area contributed by atoms with E-state index >= 15 is 0 Å². The lowest BCUT2D eigenvalue weighted by molar-refractivity contribution is -0.159. The predicted molar refractivity (Wildman–Crippen MR) is 101 cm³/mol. The van der Waals surface area contributed by atoms with E-state index in [1.807, 2.05) is 48.5 Å². The standard InChI is InChI=1S/C22H20O6/c23-11-14-5-7-15(8-6-14)12-27-21-10-16(9-20(28-21)22(24)25)18-13-26-19-4-2-1-3-17(18)19/h1-9,13,16,21,23H,10-12H2,(H,24,25). The molecular formula is C22H20O6. The van der Waals surface area contributed by atoms with Crippen molar-refractivity contribution >= 4 is 16.9 Å². The average molecular weight is 380 g/mol. The van der Waals surface area contributed by atoms with Crippen molar-refractivity contribution in [2.24, 2.45) is 0 Å². The largest absolute Gasteiger partial charge is 0.475 e. The Morgan fingerprint density at radius 1 is 1.11 bits per heavy atom. The Morgan fingerprint density at radius 2 is 1.86 bits per heavy atom. The summed E-state index contributed by atoms with van der Waals surface area (Å²) in [5, 5.41) is 19.5. The van der Waals surface area contributed by atoms with Gasteiger partial charge in [0.1, 0.15) is 5.58 Å². The second-order valence-corrected chi connectivity index (χ2v) is 6.70. The minimum atomic E-state index is -1.13. The molecule has 144 valence electrons. The monoisotopic (exact) mass is 380 g/mol. The lowest BCUT2D eigenvalue weighted by Gasteiger charge is -2.28. The molecule has 28 heavy (non-hydrogen) atoms. The average Bonchev–Trinajstić information content (AvgIpc) is 3.16. The summed E-state index contributed by atoms with van der Waals surface area (Å²) in [7, 11) is 0. The summed E-state index contributed by atoms with van der Waals surface area (Å²) in [6.07, 6.45) is 3.07. The number of para-hydroxylation sites is 1. The zero-order chi connectivity index (χ0) is 19.5. The fourth-order valence-electron chi connectivity index (χ4n) is 3.34. The Balaban J connectivity index is 1.53. The van der Waals surface area contributed by atoms with Gasteiger partial charge < -0.3 is 24.1 Å². The highest BCUT2D eigenvalue weighted by Crippen LogP contribution is 2.36. The molecule has 0 saturated heterocycles. The molecule has 0 radical (unpaired) electrons. The van der Waals surface area contributed by atoms with Gasteiger partial charge in [0.05, 0.1) is 19.5 Å². The SMILES string of the molecule is O=C(O)C1=CC(c2coc3ccccc23)CC(OCc2ccc(CO)cc2)O1. The summed E-state index contributed by atoms with van der Waals surface area (Å²) < 4.78 is 17.0. The van der Waals surface area contributed by atoms with Crippen LogP contribution in [0.25, 0.3) is 11.0 Å². The van der Waals surface area contributed by atoms with Gasteiger partial charge in [-0.15, -0.1) is 0 Å². The number of carbonyl (C=O) groups is 1. The zero-order valence-electron chi connectivity index (χ0n) is 15.1. The Hall–Kier alpha value is -3.09. The van der Waals surface area contributed by atoms with Crippen LogP contribution in [0.4, 0.5) is 0 Å². The molecule has 0 fully saturated rings. The van der Waals surface area contributed by atoms with Crippen LogP contribution in [-0.2, 0) is 27.5 Å². The maximum absolute atomic E-state index is 11.5. The summed E-state index contributed by atoms with van der Waals surface area (Å²) in [5.74, 6) is -1.44. The molecule has 3 aromatic rings. The van der Waals surface area contributed by atoms with Crippen LogP contribution in [0.1, 0.15) is 29.0 Å². The number of hydrogen-bond donors (Lipinski definition) is 2. The predicted octanol–water partition coefficient (Wildman–Crippen LogP) is 3.94. The van der Waals surface area contributed by atoms with Gasteiger partial charge >= 0.3 is 5.97 Å². The van der Waals surface area contributed by atoms with Gasteiger partial charge in [0.2, 0.25) is 12.0 Å². The molecule has 2 heterocycles. The number of hydrogen-bond acceptors (Lipinski definition) is 5. The summed E-state index contributed by atoms with van der Waals surface area (Å²) in [4.78, 5) is 11.5. The van der Waals surface area contributed by atoms with E-state index in [0.29, 0.717) is 6.42 Å². The highest BCUT2D eigenvalue weighted by atomic mass is 16.7. The van der Waals surface area contributed by atoms with Crippen molar-refractivity contribution in [3.8, 4) is 0 Å². The number of furan rings is 1. The molecular weight excluding hydrogens is 360 g/mol. The number of aliphatic hydroxyl groups is 1. The normalized spacial score (nSPS) is 19.2. The first-order valence-electron chi connectivity index (χ1n) is 9.02. The van der Waals surface area contributed by atoms with Gasteiger partial charge in [0, 0.05) is 23.3 Å². The molecule has 0 spiro atoms. The molecule has 4 rings (SSSR count). The number of ether oxygens (including phenoxy) is 2. The first-order chi connectivity index (χ1) is 13.6. The maximum Gasteiger partial charge on any atom is 0.370 e. The Labute approximate surface area is 161 Å². The van der Waals surface area contributed by atoms with E-state index in [9.17, 15) is 9.90 Å². The number of benzene rings is 2. The molecule has 2 aromatic carbocycles. The third-order valence-electron chi connectivity index (χ3n) is 4.82. The quantitative estimate of drug-likeness (QED) is 0.673. The van der Waals surface area contributed by atoms with Crippen LogP contribution < -0.4 is 0 Å². The summed E-state index contributed by atoms with van der Waals surface area (Å²) in [6, 6.07) is 15.0. The number of carboxylic acids is 1. The van der Waals surface area contributed by atoms with Gasteiger partial charge in [-0.25, -0.2) is 4.79 Å². The van der Waals surface area contributed by atoms with Crippen molar-refractivity contribution in [1.29, 1.82) is 0 Å². The molecule has 0 bridgehead atoms. The van der Waals surface area contributed by atoms with Crippen molar-refractivity contribution in [2.75, 3.05) is 0 Å². The van der Waals surface area contributed by atoms with Crippen LogP contribution in [0, 0.1) is 0 Å². The first kappa shape index (κ1) is 18.3. The molecule has 2 unspecified atom stereocenters. The second-order valence-electron chi connectivity index (χ2n) is 6.70. The summed E-state index contributed by atoms with van der Waals surface area (Å²) >= 11 is 0. The van der Waals surface area contributed by atoms with Crippen LogP contribution >= 0.6 is 0 Å². The fraction of sp³-hybridized carbons (Fsp3) is 0.227. The molecule has 0 amide bonds. The van der Waals surface area contributed by atoms with Crippen LogP contribution in [0.3, 0.4) is 0 Å². The van der Waals surface area contributed by atoms with Crippen molar-refractivity contribution in [3.63, 3.8) is 0 Å². The molecule has 1 aliphatic rings. The highest BCUT2D eigenvalue weighted by Gasteiger charge is 2.30. The molecule has 1 aliphatic heterocycles. The first-order valence-corrected chi connectivity index (χ1v) is 9.02. The van der Waals surface area contributed by atoms with Gasteiger partial charge in [-0.3, -0.25) is 0 Å². The van der Waals surface area contributed by atoms with E-state index < -0.39 is 12.3 Å². The topological polar surface area (TPSA) is 89.1 Å². The minimum Gasteiger partial charge on any atom is -0.475 e. The van der Waals surface area contributed by atoms with E-state index in [0.717, 1.165) is 27.7 Å². The summed E-state index contributed by atoms with van der Waals surface area (Å²) in [5.41, 5.74) is 3.41. The van der Waals surface area contributed by atoms with Gasteiger partial charge in [-0.05, 0) is 23.3 Å². The van der Waals surface area contributed by atoms with Crippen molar-refractivity contribution < 1.29 is 28.9 Å². The van der Waals surface area contributed by atoms with Crippen LogP contribution in [0.2, 0.25) is 0 Å². The van der Waals surface area contributed by atoms with Gasteiger partial charge in [-0.2, -0.15) is 0 Å². The number of allylic oxidation sites excluding steroid dienone is 1. The molecule has 2 N–H and O–H groups in total. The highest BCUT2D eigenvalue weighted by molar-refractivity contribution is 5.86. The smallest absolute Gasteiger partial charge is 0.370 e. The molecule has 0 aliphatic carbocycles. The van der Waals surface area contributed by atoms with Crippen molar-refractivity contribution in [2.45, 2.75) is 31.8 Å². The van der Waals surface area contributed by atoms with Gasteiger partial charge in [-0.1, -0.05) is 42.5 Å². The van der Waals surface area contributed by atoms with E-state index in [-0.39, 0.29) is 24.9 Å². The molecule has 6 nitrogen and oxygen atoms in total. The third-order valence-corrected chi connectivity index (χ3v) is 4.82. The van der Waals surface area contributed by atoms with Crippen molar-refractivity contribution in [1.82, 2.24) is 0 Å². The zero-order valence-corrected chi connectivity index (χ0v) is 15.1. The number of aliphatic hydroxyl groups excluding tert-OH is 1. The molecule has 6 heteroatoms. The van der Waals surface area contributed by atoms with Crippen LogP contribution in [-0.4, -0.2) is 22.5 Å². The number of rotatable bonds is 6. The lowest BCUT2D eigenvalue weighted by Crippen LogP contribution is -2.26. The lowest BCUT2D eigenvalue weighted by atomic mass is 9.92. The Kier molecular flexibility index (Phi) is 5.14. The van der Waals surface area contributed by atoms with Gasteiger partial charge in [0.25, 0.3) is 0 Å². The van der Waals surface area contributed by atoms with E-state index in [1.54, 1.807) is 12.3 Å². The van der Waals surface area contributed by atoms with Crippen molar-refractivity contribution in [3.05, 3.63) is 83.3 Å². The van der Waals surface area contributed by atoms with Gasteiger partial charge in [0.15, 0.2) is 0 Å². The molecule has 2 atom stereocenters. The number of carboxylic acid groups (broad SMARTS) is 1. The fourth-order valence-corrected chi connectivity index (χ4v) is 3.34. The maximum atomic E-state index is 11.5. The Morgan fingerprint density at radius 3 is 2.61 bits per heavy atom. The van der Waals surface area contributed by atoms with Crippen LogP contribution in [0.15, 0.2) is 71.0 Å². The van der Waals surface area contributed by atoms with E-state index in [2.05, 4.69) is 0 Å². The third kappa shape index (κ3) is 3.78. The van der Waals surface area contributed by atoms with E-state index in [4.69, 9.17) is 19.0 Å². The van der Waals surface area contributed by atoms with Crippen LogP contribution in [0.5, 0.6) is 0 Å². The molecule has 0 saturated carbocycles. The minimum absolute atomic E-state index is 0.0139. The second kappa shape index (κ2) is 7.88. The molecule has 1 aromatic heterocycles. The number of fused-ring (bicyclic) bond motifs is 1. The number of aliphatic carboxylic acids is 1. The van der Waals surface area contributed by atoms with E-state index in [1.165, 1.54) is 0 Å².